The third kappa shape index (κ3) is 6.35. The van der Waals surface area contributed by atoms with Gasteiger partial charge in [-0.2, -0.15) is 0 Å². The van der Waals surface area contributed by atoms with Gasteiger partial charge in [0.1, 0.15) is 0 Å². The topological polar surface area (TPSA) is 95.6 Å². The summed E-state index contributed by atoms with van der Waals surface area (Å²) < 4.78 is 28.1. The van der Waals surface area contributed by atoms with Crippen molar-refractivity contribution in [2.24, 2.45) is 5.92 Å². The fourth-order valence-electron chi connectivity index (χ4n) is 4.05. The maximum Gasteiger partial charge on any atom is 0.261 e. The Morgan fingerprint density at radius 2 is 1.67 bits per heavy atom. The van der Waals surface area contributed by atoms with Gasteiger partial charge in [0.2, 0.25) is 5.91 Å². The summed E-state index contributed by atoms with van der Waals surface area (Å²) in [6.45, 7) is 7.23. The molecule has 1 heterocycles. The molecule has 0 aliphatic carbocycles. The summed E-state index contributed by atoms with van der Waals surface area (Å²) in [4.78, 5) is 27.3. The monoisotopic (exact) mass is 471 g/mol. The molecule has 3 rings (SSSR count). The molecular weight excluding hydrogens is 438 g/mol. The van der Waals surface area contributed by atoms with E-state index in [1.807, 2.05) is 37.8 Å². The van der Waals surface area contributed by atoms with Crippen LogP contribution in [0.25, 0.3) is 0 Å². The molecule has 2 N–H and O–H groups in total. The summed E-state index contributed by atoms with van der Waals surface area (Å²) in [6.07, 6.45) is 3.04. The fourth-order valence-corrected chi connectivity index (χ4v) is 5.15. The highest BCUT2D eigenvalue weighted by Gasteiger charge is 2.27. The van der Waals surface area contributed by atoms with E-state index >= 15 is 0 Å². The summed E-state index contributed by atoms with van der Waals surface area (Å²) in [5.74, 6) is -0.0507. The van der Waals surface area contributed by atoms with Gasteiger partial charge < -0.3 is 10.2 Å². The average Bonchev–Trinajstić information content (AvgIpc) is 2.81. The van der Waals surface area contributed by atoms with Crippen LogP contribution in [0.2, 0.25) is 0 Å². The number of carbonyl (C=O) groups is 2. The lowest BCUT2D eigenvalue weighted by molar-refractivity contribution is -0.136. The van der Waals surface area contributed by atoms with Crippen LogP contribution < -0.4 is 10.0 Å². The molecule has 0 aromatic heterocycles. The lowest BCUT2D eigenvalue weighted by Gasteiger charge is -2.34. The minimum absolute atomic E-state index is 0.0290. The summed E-state index contributed by atoms with van der Waals surface area (Å²) in [7, 11) is -3.82. The van der Waals surface area contributed by atoms with Crippen molar-refractivity contribution in [3.8, 4) is 0 Å². The highest BCUT2D eigenvalue weighted by atomic mass is 32.2. The zero-order chi connectivity index (χ0) is 24.0. The van der Waals surface area contributed by atoms with E-state index in [2.05, 4.69) is 10.0 Å². The Hall–Kier alpha value is -2.87. The Morgan fingerprint density at radius 3 is 2.27 bits per heavy atom. The van der Waals surface area contributed by atoms with Gasteiger partial charge in [-0.1, -0.05) is 37.6 Å². The van der Waals surface area contributed by atoms with Crippen LogP contribution in [0.4, 0.5) is 5.69 Å². The smallest absolute Gasteiger partial charge is 0.261 e. The van der Waals surface area contributed by atoms with Gasteiger partial charge in [-0.05, 0) is 62.9 Å². The number of anilines is 1. The number of likely N-dealkylation sites (tertiary alicyclic amines) is 1. The average molecular weight is 472 g/mol. The number of nitrogens with one attached hydrogen (secondary N) is 2. The molecule has 0 spiro atoms. The van der Waals surface area contributed by atoms with Gasteiger partial charge in [-0.25, -0.2) is 8.42 Å². The first kappa shape index (κ1) is 24.8. The quantitative estimate of drug-likeness (QED) is 0.609. The van der Waals surface area contributed by atoms with Crippen molar-refractivity contribution >= 4 is 27.5 Å². The maximum absolute atomic E-state index is 12.8. The molecule has 2 amide bonds. The van der Waals surface area contributed by atoms with Crippen LogP contribution in [0.1, 0.15) is 55.5 Å². The number of piperidine rings is 1. The molecule has 0 unspecified atom stereocenters. The van der Waals surface area contributed by atoms with Crippen molar-refractivity contribution in [2.75, 3.05) is 17.8 Å². The van der Waals surface area contributed by atoms with Gasteiger partial charge in [0.25, 0.3) is 15.9 Å². The first-order chi connectivity index (χ1) is 15.7. The first-order valence-corrected chi connectivity index (χ1v) is 13.0. The lowest BCUT2D eigenvalue weighted by atomic mass is 9.98. The second-order valence-corrected chi connectivity index (χ2v) is 10.3. The molecule has 0 radical (unpaired) electrons. The molecule has 1 aliphatic rings. The molecular formula is C25H33N3O4S. The standard InChI is InChI=1S/C25H33N3O4S/c1-4-19(5-2)25(30)28-15-13-21(14-16-28)26-24(29)20-7-6-8-23(17-20)33(31,32)27-22-11-9-18(3)10-12-22/h6-12,17,19,21,27H,4-5,13-16H2,1-3H3,(H,26,29). The Labute approximate surface area is 196 Å². The van der Waals surface area contributed by atoms with Gasteiger partial charge in [0.05, 0.1) is 4.90 Å². The highest BCUT2D eigenvalue weighted by Crippen LogP contribution is 2.20. The number of nitrogens with zero attached hydrogens (tertiary/aromatic N) is 1. The number of benzene rings is 2. The van der Waals surface area contributed by atoms with Gasteiger partial charge in [0, 0.05) is 36.3 Å². The van der Waals surface area contributed by atoms with Gasteiger partial charge in [0.15, 0.2) is 0 Å². The van der Waals surface area contributed by atoms with Crippen LogP contribution in [0, 0.1) is 12.8 Å². The van der Waals surface area contributed by atoms with Crippen LogP contribution in [0.5, 0.6) is 0 Å². The number of hydrogen-bond donors (Lipinski definition) is 2. The van der Waals surface area contributed by atoms with Crippen molar-refractivity contribution in [1.29, 1.82) is 0 Å². The highest BCUT2D eigenvalue weighted by molar-refractivity contribution is 7.92. The van der Waals surface area contributed by atoms with Crippen molar-refractivity contribution in [3.05, 3.63) is 59.7 Å². The predicted octanol–water partition coefficient (Wildman–Crippen LogP) is 3.95. The SMILES string of the molecule is CCC(CC)C(=O)N1CCC(NC(=O)c2cccc(S(=O)(=O)Nc3ccc(C)cc3)c2)CC1. The van der Waals surface area contributed by atoms with Crippen molar-refractivity contribution < 1.29 is 18.0 Å². The molecule has 1 fully saturated rings. The van der Waals surface area contributed by atoms with Gasteiger partial charge in [-0.15, -0.1) is 0 Å². The second-order valence-electron chi connectivity index (χ2n) is 8.59. The van der Waals surface area contributed by atoms with Crippen LogP contribution in [0.3, 0.4) is 0 Å². The summed E-state index contributed by atoms with van der Waals surface area (Å²) in [5, 5.41) is 2.99. The van der Waals surface area contributed by atoms with Crippen molar-refractivity contribution in [1.82, 2.24) is 10.2 Å². The molecule has 33 heavy (non-hydrogen) atoms. The van der Waals surface area contributed by atoms with Crippen molar-refractivity contribution in [3.63, 3.8) is 0 Å². The largest absolute Gasteiger partial charge is 0.349 e. The Bertz CT molecular complexity index is 1070. The molecule has 2 aromatic carbocycles. The van der Waals surface area contributed by atoms with E-state index < -0.39 is 10.0 Å². The molecule has 178 valence electrons. The first-order valence-electron chi connectivity index (χ1n) is 11.5. The van der Waals surface area contributed by atoms with Crippen molar-refractivity contribution in [2.45, 2.75) is 57.4 Å². The number of carbonyl (C=O) groups excluding carboxylic acids is 2. The summed E-state index contributed by atoms with van der Waals surface area (Å²) in [5.41, 5.74) is 1.78. The third-order valence-electron chi connectivity index (χ3n) is 6.19. The normalized spacial score (nSPS) is 14.8. The summed E-state index contributed by atoms with van der Waals surface area (Å²) in [6, 6.07) is 13.0. The number of amides is 2. The minimum Gasteiger partial charge on any atom is -0.349 e. The molecule has 1 saturated heterocycles. The zero-order valence-electron chi connectivity index (χ0n) is 19.5. The van der Waals surface area contributed by atoms with Gasteiger partial charge in [-0.3, -0.25) is 14.3 Å². The van der Waals surface area contributed by atoms with E-state index in [4.69, 9.17) is 0 Å². The van der Waals surface area contributed by atoms with E-state index in [-0.39, 0.29) is 34.2 Å². The molecule has 0 saturated carbocycles. The Morgan fingerprint density at radius 1 is 1.03 bits per heavy atom. The number of aryl methyl sites for hydroxylation is 1. The third-order valence-corrected chi connectivity index (χ3v) is 7.57. The molecule has 1 aliphatic heterocycles. The van der Waals surface area contributed by atoms with Crippen LogP contribution in [-0.4, -0.2) is 44.3 Å². The molecule has 7 nitrogen and oxygen atoms in total. The van der Waals surface area contributed by atoms with E-state index in [0.717, 1.165) is 18.4 Å². The van der Waals surface area contributed by atoms with E-state index in [9.17, 15) is 18.0 Å². The van der Waals surface area contributed by atoms with Crippen LogP contribution >= 0.6 is 0 Å². The number of hydrogen-bond acceptors (Lipinski definition) is 4. The van der Waals surface area contributed by atoms with E-state index in [0.29, 0.717) is 31.6 Å². The summed E-state index contributed by atoms with van der Waals surface area (Å²) >= 11 is 0. The molecule has 8 heteroatoms. The minimum atomic E-state index is -3.82. The van der Waals surface area contributed by atoms with Crippen LogP contribution in [-0.2, 0) is 14.8 Å². The number of rotatable bonds is 8. The maximum atomic E-state index is 12.8. The fraction of sp³-hybridized carbons (Fsp3) is 0.440. The predicted molar refractivity (Wildman–Crippen MR) is 130 cm³/mol. The Kier molecular flexibility index (Phi) is 8.13. The number of sulfonamides is 1. The lowest BCUT2D eigenvalue weighted by Crippen LogP contribution is -2.48. The molecule has 0 bridgehead atoms. The van der Waals surface area contributed by atoms with Crippen LogP contribution in [0.15, 0.2) is 53.4 Å². The Balaban J connectivity index is 1.61. The van der Waals surface area contributed by atoms with Gasteiger partial charge >= 0.3 is 0 Å². The molecule has 2 aromatic rings. The van der Waals surface area contributed by atoms with E-state index in [1.54, 1.807) is 24.3 Å². The molecule has 0 atom stereocenters. The second kappa shape index (κ2) is 10.8. The van der Waals surface area contributed by atoms with E-state index in [1.165, 1.54) is 12.1 Å². The zero-order valence-corrected chi connectivity index (χ0v) is 20.3.